The summed E-state index contributed by atoms with van der Waals surface area (Å²) >= 11 is 1.20. The van der Waals surface area contributed by atoms with E-state index in [2.05, 4.69) is 17.1 Å². The molecule has 32 heavy (non-hydrogen) atoms. The normalized spacial score (nSPS) is 17.9. The molecule has 2 aromatic carbocycles. The zero-order valence-corrected chi connectivity index (χ0v) is 18.4. The number of anilines is 1. The Morgan fingerprint density at radius 2 is 1.75 bits per heavy atom. The Kier molecular flexibility index (Phi) is 6.66. The van der Waals surface area contributed by atoms with Crippen LogP contribution in [-0.2, 0) is 4.79 Å². The van der Waals surface area contributed by atoms with Crippen LogP contribution >= 0.6 is 11.8 Å². The number of nitrogens with one attached hydrogen (secondary N) is 1. The van der Waals surface area contributed by atoms with E-state index in [1.807, 2.05) is 0 Å². The van der Waals surface area contributed by atoms with Crippen LogP contribution in [0.3, 0.4) is 0 Å². The fourth-order valence-corrected chi connectivity index (χ4v) is 4.66. The summed E-state index contributed by atoms with van der Waals surface area (Å²) in [5.74, 6) is -2.35. The van der Waals surface area contributed by atoms with E-state index in [1.54, 1.807) is 12.1 Å². The van der Waals surface area contributed by atoms with Crippen molar-refractivity contribution in [2.75, 3.05) is 30.7 Å². The highest BCUT2D eigenvalue weighted by atomic mass is 32.2. The van der Waals surface area contributed by atoms with E-state index in [0.717, 1.165) is 50.2 Å². The number of piperidine rings is 1. The molecule has 2 aliphatic rings. The minimum absolute atomic E-state index is 0.0208. The van der Waals surface area contributed by atoms with Crippen molar-refractivity contribution in [3.63, 3.8) is 0 Å². The molecule has 2 aromatic rings. The molecule has 5 nitrogen and oxygen atoms in total. The van der Waals surface area contributed by atoms with Crippen molar-refractivity contribution in [1.29, 1.82) is 0 Å². The minimum atomic E-state index is -0.836. The smallest absolute Gasteiger partial charge is 0.234 e. The van der Waals surface area contributed by atoms with Gasteiger partial charge in [0.05, 0.1) is 17.2 Å². The zero-order valence-electron chi connectivity index (χ0n) is 17.6. The molecule has 0 unspecified atom stereocenters. The SMILES string of the molecule is CCN1CCC2(CC1)N=C(SCC(=O)Nc1ccc(F)cc1F)C(c1ccc(F)cc1)=N2. The fourth-order valence-electron chi connectivity index (χ4n) is 3.78. The second-order valence-electron chi connectivity index (χ2n) is 7.76. The van der Waals surface area contributed by atoms with Gasteiger partial charge in [-0.05, 0) is 42.9 Å². The van der Waals surface area contributed by atoms with Gasteiger partial charge in [0, 0.05) is 37.6 Å². The molecule has 0 atom stereocenters. The van der Waals surface area contributed by atoms with Gasteiger partial charge in [-0.25, -0.2) is 18.2 Å². The van der Waals surface area contributed by atoms with E-state index in [9.17, 15) is 18.0 Å². The second kappa shape index (κ2) is 9.46. The molecule has 0 aliphatic carbocycles. The molecule has 0 saturated carbocycles. The molecule has 0 bridgehead atoms. The maximum Gasteiger partial charge on any atom is 0.234 e. The van der Waals surface area contributed by atoms with Crippen molar-refractivity contribution < 1.29 is 18.0 Å². The number of hydrogen-bond donors (Lipinski definition) is 1. The lowest BCUT2D eigenvalue weighted by molar-refractivity contribution is -0.113. The number of benzene rings is 2. The molecule has 2 aliphatic heterocycles. The molecule has 9 heteroatoms. The first-order chi connectivity index (χ1) is 15.4. The maximum absolute atomic E-state index is 13.8. The Balaban J connectivity index is 1.50. The Morgan fingerprint density at radius 1 is 1.06 bits per heavy atom. The largest absolute Gasteiger partial charge is 0.323 e. The summed E-state index contributed by atoms with van der Waals surface area (Å²) in [5.41, 5.74) is 0.719. The lowest BCUT2D eigenvalue weighted by Gasteiger charge is -2.34. The molecular weight excluding hydrogens is 437 g/mol. The monoisotopic (exact) mass is 460 g/mol. The van der Waals surface area contributed by atoms with E-state index >= 15 is 0 Å². The maximum atomic E-state index is 13.8. The van der Waals surface area contributed by atoms with Gasteiger partial charge in [0.25, 0.3) is 0 Å². The van der Waals surface area contributed by atoms with Crippen LogP contribution in [0.4, 0.5) is 18.9 Å². The summed E-state index contributed by atoms with van der Waals surface area (Å²) in [6, 6.07) is 9.02. The Labute approximate surface area is 188 Å². The molecule has 0 radical (unpaired) electrons. The quantitative estimate of drug-likeness (QED) is 0.716. The molecule has 4 rings (SSSR count). The third kappa shape index (κ3) is 5.05. The second-order valence-corrected chi connectivity index (χ2v) is 8.73. The first-order valence-corrected chi connectivity index (χ1v) is 11.4. The molecule has 1 spiro atoms. The van der Waals surface area contributed by atoms with Crippen LogP contribution in [0.5, 0.6) is 0 Å². The predicted molar refractivity (Wildman–Crippen MR) is 122 cm³/mol. The van der Waals surface area contributed by atoms with Gasteiger partial charge in [-0.2, -0.15) is 0 Å². The van der Waals surface area contributed by atoms with E-state index in [-0.39, 0.29) is 17.3 Å². The van der Waals surface area contributed by atoms with Gasteiger partial charge in [0.15, 0.2) is 5.66 Å². The molecule has 0 aromatic heterocycles. The average Bonchev–Trinajstić information content (AvgIpc) is 3.13. The summed E-state index contributed by atoms with van der Waals surface area (Å²) in [7, 11) is 0. The Bertz CT molecular complexity index is 1060. The number of nitrogens with zero attached hydrogens (tertiary/aromatic N) is 3. The third-order valence-electron chi connectivity index (χ3n) is 5.60. The molecule has 1 fully saturated rings. The number of hydrogen-bond acceptors (Lipinski definition) is 5. The van der Waals surface area contributed by atoms with Crippen molar-refractivity contribution in [1.82, 2.24) is 4.90 Å². The molecule has 2 heterocycles. The van der Waals surface area contributed by atoms with E-state index in [1.165, 1.54) is 30.0 Å². The number of likely N-dealkylation sites (tertiary alicyclic amines) is 1. The van der Waals surface area contributed by atoms with Crippen LogP contribution in [0.25, 0.3) is 0 Å². The van der Waals surface area contributed by atoms with Crippen LogP contribution in [0.2, 0.25) is 0 Å². The first-order valence-electron chi connectivity index (χ1n) is 10.4. The topological polar surface area (TPSA) is 57.1 Å². The highest BCUT2D eigenvalue weighted by molar-refractivity contribution is 8.16. The van der Waals surface area contributed by atoms with Gasteiger partial charge in [-0.3, -0.25) is 9.79 Å². The average molecular weight is 461 g/mol. The van der Waals surface area contributed by atoms with Crippen LogP contribution < -0.4 is 5.32 Å². The van der Waals surface area contributed by atoms with Gasteiger partial charge >= 0.3 is 0 Å². The number of amides is 1. The van der Waals surface area contributed by atoms with Gasteiger partial charge in [-0.15, -0.1) is 0 Å². The summed E-state index contributed by atoms with van der Waals surface area (Å²) in [6.45, 7) is 4.84. The van der Waals surface area contributed by atoms with E-state index in [0.29, 0.717) is 10.8 Å². The highest BCUT2D eigenvalue weighted by Crippen LogP contribution is 2.35. The molecule has 1 saturated heterocycles. The van der Waals surface area contributed by atoms with Gasteiger partial charge in [0.1, 0.15) is 22.5 Å². The van der Waals surface area contributed by atoms with Crippen molar-refractivity contribution in [2.45, 2.75) is 25.4 Å². The molecule has 168 valence electrons. The van der Waals surface area contributed by atoms with Crippen LogP contribution in [-0.4, -0.2) is 52.6 Å². The zero-order chi connectivity index (χ0) is 22.7. The lowest BCUT2D eigenvalue weighted by atomic mass is 9.98. The number of carbonyl (C=O) groups is 1. The number of thioether (sulfide) groups is 1. The van der Waals surface area contributed by atoms with Crippen LogP contribution in [0.15, 0.2) is 52.4 Å². The molecule has 1 amide bonds. The van der Waals surface area contributed by atoms with Crippen molar-refractivity contribution >= 4 is 34.1 Å². The van der Waals surface area contributed by atoms with E-state index < -0.39 is 23.2 Å². The van der Waals surface area contributed by atoms with Crippen LogP contribution in [0.1, 0.15) is 25.3 Å². The number of carbonyl (C=O) groups excluding carboxylic acids is 1. The Morgan fingerprint density at radius 3 is 2.41 bits per heavy atom. The predicted octanol–water partition coefficient (Wildman–Crippen LogP) is 4.49. The highest BCUT2D eigenvalue weighted by Gasteiger charge is 2.39. The number of aliphatic imine (C=N–C) groups is 2. The lowest BCUT2D eigenvalue weighted by Crippen LogP contribution is -2.41. The van der Waals surface area contributed by atoms with Gasteiger partial charge < -0.3 is 10.2 Å². The molecular formula is C23H23F3N4OS. The van der Waals surface area contributed by atoms with Crippen LogP contribution in [0, 0.1) is 17.5 Å². The summed E-state index contributed by atoms with van der Waals surface area (Å²) in [5, 5.41) is 3.06. The van der Waals surface area contributed by atoms with E-state index in [4.69, 9.17) is 9.98 Å². The minimum Gasteiger partial charge on any atom is -0.323 e. The van der Waals surface area contributed by atoms with Gasteiger partial charge in [0.2, 0.25) is 5.91 Å². The number of rotatable bonds is 5. The summed E-state index contributed by atoms with van der Waals surface area (Å²) < 4.78 is 40.3. The Hall–Kier alpha value is -2.65. The summed E-state index contributed by atoms with van der Waals surface area (Å²) in [6.07, 6.45) is 1.53. The summed E-state index contributed by atoms with van der Waals surface area (Å²) in [4.78, 5) is 24.5. The first kappa shape index (κ1) is 22.5. The van der Waals surface area contributed by atoms with Crippen molar-refractivity contribution in [3.8, 4) is 0 Å². The standard InChI is InChI=1S/C23H23F3N4OS/c1-2-30-11-9-23(10-12-30)28-21(15-3-5-16(24)6-4-15)22(29-23)32-14-20(31)27-19-8-7-17(25)13-18(19)26/h3-8,13H,2,9-12,14H2,1H3,(H,27,31). The molecule has 1 N–H and O–H groups in total. The third-order valence-corrected chi connectivity index (χ3v) is 6.56. The number of halogens is 3. The fraction of sp³-hybridized carbons (Fsp3) is 0.348. The van der Waals surface area contributed by atoms with Crippen molar-refractivity contribution in [3.05, 3.63) is 65.5 Å². The van der Waals surface area contributed by atoms with Crippen molar-refractivity contribution in [2.24, 2.45) is 9.98 Å². The van der Waals surface area contributed by atoms with Gasteiger partial charge in [-0.1, -0.05) is 18.7 Å².